The van der Waals surface area contributed by atoms with Crippen molar-refractivity contribution < 1.29 is 28.6 Å². The van der Waals surface area contributed by atoms with E-state index in [4.69, 9.17) is 14.2 Å². The number of ether oxygens (including phenoxy) is 3. The van der Waals surface area contributed by atoms with Gasteiger partial charge in [0.1, 0.15) is 13.2 Å². The molecular weight excluding hydrogens is 913 g/mol. The van der Waals surface area contributed by atoms with Gasteiger partial charge in [0.15, 0.2) is 6.10 Å². The van der Waals surface area contributed by atoms with Crippen molar-refractivity contribution in [2.75, 3.05) is 13.2 Å². The van der Waals surface area contributed by atoms with Gasteiger partial charge in [0.25, 0.3) is 0 Å². The molecule has 6 heteroatoms. The van der Waals surface area contributed by atoms with Gasteiger partial charge in [-0.2, -0.15) is 0 Å². The predicted molar refractivity (Wildman–Crippen MR) is 320 cm³/mol. The third-order valence-electron chi connectivity index (χ3n) is 13.3. The van der Waals surface area contributed by atoms with Gasteiger partial charge in [-0.25, -0.2) is 0 Å². The Labute approximate surface area is 457 Å². The lowest BCUT2D eigenvalue weighted by Gasteiger charge is -2.18. The molecule has 0 radical (unpaired) electrons. The Morgan fingerprint density at radius 2 is 0.554 bits per heavy atom. The summed E-state index contributed by atoms with van der Waals surface area (Å²) >= 11 is 0. The summed E-state index contributed by atoms with van der Waals surface area (Å²) in [5, 5.41) is 0. The van der Waals surface area contributed by atoms with Gasteiger partial charge in [-0.1, -0.05) is 259 Å². The van der Waals surface area contributed by atoms with Gasteiger partial charge in [-0.05, 0) is 116 Å². The minimum Gasteiger partial charge on any atom is -0.462 e. The second-order valence-electron chi connectivity index (χ2n) is 20.6. The first kappa shape index (κ1) is 70.3. The minimum absolute atomic E-state index is 0.0848. The van der Waals surface area contributed by atoms with Crippen LogP contribution in [-0.4, -0.2) is 37.2 Å². The zero-order valence-electron chi connectivity index (χ0n) is 48.6. The topological polar surface area (TPSA) is 78.9 Å². The number of unbranched alkanes of at least 4 members (excludes halogenated alkanes) is 29. The maximum Gasteiger partial charge on any atom is 0.306 e. The van der Waals surface area contributed by atoms with Gasteiger partial charge in [0.05, 0.1) is 0 Å². The fraction of sp³-hybridized carbons (Fsp3) is 0.721. The summed E-state index contributed by atoms with van der Waals surface area (Å²) in [4.78, 5) is 38.2. The molecule has 0 fully saturated rings. The Balaban J connectivity index is 4.24. The van der Waals surface area contributed by atoms with Crippen LogP contribution in [0.15, 0.2) is 97.2 Å². The van der Waals surface area contributed by atoms with E-state index in [0.29, 0.717) is 19.3 Å². The second-order valence-corrected chi connectivity index (χ2v) is 20.6. The summed E-state index contributed by atoms with van der Waals surface area (Å²) in [6.45, 7) is 6.44. The molecule has 0 aliphatic rings. The molecule has 0 aromatic rings. The maximum absolute atomic E-state index is 12.9. The van der Waals surface area contributed by atoms with Gasteiger partial charge in [0.2, 0.25) is 0 Å². The highest BCUT2D eigenvalue weighted by Crippen LogP contribution is 2.16. The monoisotopic (exact) mass is 1030 g/mol. The second kappa shape index (κ2) is 61.9. The van der Waals surface area contributed by atoms with Crippen LogP contribution < -0.4 is 0 Å². The molecule has 0 rings (SSSR count). The van der Waals surface area contributed by atoms with Crippen LogP contribution in [0.25, 0.3) is 0 Å². The molecule has 0 spiro atoms. The quantitative estimate of drug-likeness (QED) is 0.0261. The molecular formula is C68H116O6. The molecule has 0 amide bonds. The Bertz CT molecular complexity index is 1460. The summed E-state index contributed by atoms with van der Waals surface area (Å²) in [5.74, 6) is -0.902. The standard InChI is InChI=1S/C68H116O6/c1-4-7-10-13-16-19-22-24-26-28-30-31-32-33-34-35-36-37-39-40-42-44-46-49-52-55-58-61-67(70)73-64-65(63-72-66(69)60-57-54-51-48-21-18-15-12-9-6-3)74-68(71)62-59-56-53-50-47-45-43-41-38-29-27-25-23-20-17-14-11-8-5-2/h7,10,12,15-17,19-20,24-27,30-31,38,41,65H,4-6,8-9,11,13-14,18,21-23,28-29,32-37,39-40,42-64H2,1-3H3/b10-7-,15-12-,19-16-,20-17-,26-24-,27-25-,31-30-,41-38-. The molecule has 0 aliphatic heterocycles. The fourth-order valence-electron chi connectivity index (χ4n) is 8.62. The lowest BCUT2D eigenvalue weighted by molar-refractivity contribution is -0.167. The molecule has 0 saturated carbocycles. The van der Waals surface area contributed by atoms with E-state index in [1.165, 1.54) is 135 Å². The van der Waals surface area contributed by atoms with Crippen LogP contribution in [0.4, 0.5) is 0 Å². The third kappa shape index (κ3) is 59.2. The zero-order chi connectivity index (χ0) is 53.6. The van der Waals surface area contributed by atoms with Crippen molar-refractivity contribution in [1.82, 2.24) is 0 Å². The SMILES string of the molecule is CC/C=C\C/C=C\C/C=C\C/C=C\CCCCCCCCCCCCCCCCC(=O)OCC(COC(=O)CCCCCCC/C=C\CCC)OC(=O)CCCCCCCC/C=C\C/C=C\C/C=C\CCCCC. The first-order valence-corrected chi connectivity index (χ1v) is 31.2. The van der Waals surface area contributed by atoms with E-state index in [2.05, 4.69) is 118 Å². The fourth-order valence-corrected chi connectivity index (χ4v) is 8.62. The van der Waals surface area contributed by atoms with Crippen LogP contribution in [0.5, 0.6) is 0 Å². The van der Waals surface area contributed by atoms with Crippen molar-refractivity contribution in [2.45, 2.75) is 303 Å². The molecule has 74 heavy (non-hydrogen) atoms. The predicted octanol–water partition coefficient (Wildman–Crippen LogP) is 21.3. The number of hydrogen-bond acceptors (Lipinski definition) is 6. The average molecular weight is 1030 g/mol. The molecule has 0 N–H and O–H groups in total. The normalized spacial score (nSPS) is 12.7. The van der Waals surface area contributed by atoms with Crippen LogP contribution in [0, 0.1) is 0 Å². The van der Waals surface area contributed by atoms with Crippen molar-refractivity contribution >= 4 is 17.9 Å². The maximum atomic E-state index is 12.9. The van der Waals surface area contributed by atoms with Crippen LogP contribution in [-0.2, 0) is 28.6 Å². The minimum atomic E-state index is -0.788. The Morgan fingerprint density at radius 1 is 0.284 bits per heavy atom. The number of esters is 3. The summed E-state index contributed by atoms with van der Waals surface area (Å²) < 4.78 is 16.9. The summed E-state index contributed by atoms with van der Waals surface area (Å²) in [6.07, 6.45) is 82.7. The number of carbonyl (C=O) groups is 3. The van der Waals surface area contributed by atoms with Gasteiger partial charge in [-0.3, -0.25) is 14.4 Å². The molecule has 0 aromatic heterocycles. The zero-order valence-corrected chi connectivity index (χ0v) is 48.6. The largest absolute Gasteiger partial charge is 0.462 e. The third-order valence-corrected chi connectivity index (χ3v) is 13.3. The molecule has 0 aromatic carbocycles. The van der Waals surface area contributed by atoms with E-state index >= 15 is 0 Å². The highest BCUT2D eigenvalue weighted by Gasteiger charge is 2.19. The van der Waals surface area contributed by atoms with E-state index in [0.717, 1.165) is 122 Å². The molecule has 1 unspecified atom stereocenters. The summed E-state index contributed by atoms with van der Waals surface area (Å²) in [7, 11) is 0. The first-order valence-electron chi connectivity index (χ1n) is 31.2. The molecule has 0 aliphatic carbocycles. The van der Waals surface area contributed by atoms with Crippen molar-refractivity contribution in [3.8, 4) is 0 Å². The smallest absolute Gasteiger partial charge is 0.306 e. The van der Waals surface area contributed by atoms with E-state index in [9.17, 15) is 14.4 Å². The van der Waals surface area contributed by atoms with Gasteiger partial charge in [-0.15, -0.1) is 0 Å². The Kier molecular flexibility index (Phi) is 58.8. The first-order chi connectivity index (χ1) is 36.5. The van der Waals surface area contributed by atoms with E-state index in [1.54, 1.807) is 0 Å². The van der Waals surface area contributed by atoms with Crippen molar-refractivity contribution in [3.63, 3.8) is 0 Å². The number of allylic oxidation sites excluding steroid dienone is 16. The Hall–Kier alpha value is -3.67. The van der Waals surface area contributed by atoms with Crippen molar-refractivity contribution in [1.29, 1.82) is 0 Å². The van der Waals surface area contributed by atoms with Crippen molar-refractivity contribution in [3.05, 3.63) is 97.2 Å². The molecule has 0 saturated heterocycles. The highest BCUT2D eigenvalue weighted by molar-refractivity contribution is 5.71. The summed E-state index contributed by atoms with van der Waals surface area (Å²) in [5.41, 5.74) is 0. The van der Waals surface area contributed by atoms with Gasteiger partial charge < -0.3 is 14.2 Å². The molecule has 0 heterocycles. The van der Waals surface area contributed by atoms with Crippen LogP contribution in [0.2, 0.25) is 0 Å². The summed E-state index contributed by atoms with van der Waals surface area (Å²) in [6, 6.07) is 0. The lowest BCUT2D eigenvalue weighted by Crippen LogP contribution is -2.30. The van der Waals surface area contributed by atoms with Crippen LogP contribution in [0.1, 0.15) is 297 Å². The lowest BCUT2D eigenvalue weighted by atomic mass is 10.0. The van der Waals surface area contributed by atoms with Crippen LogP contribution in [0.3, 0.4) is 0 Å². The molecule has 1 atom stereocenters. The van der Waals surface area contributed by atoms with Gasteiger partial charge in [0, 0.05) is 19.3 Å². The molecule has 0 bridgehead atoms. The Morgan fingerprint density at radius 3 is 0.892 bits per heavy atom. The number of hydrogen-bond donors (Lipinski definition) is 0. The number of carbonyl (C=O) groups excluding carboxylic acids is 3. The van der Waals surface area contributed by atoms with E-state index < -0.39 is 6.10 Å². The van der Waals surface area contributed by atoms with Crippen LogP contribution >= 0.6 is 0 Å². The number of rotatable bonds is 56. The van der Waals surface area contributed by atoms with E-state index in [1.807, 2.05) is 0 Å². The highest BCUT2D eigenvalue weighted by atomic mass is 16.6. The van der Waals surface area contributed by atoms with Gasteiger partial charge >= 0.3 is 17.9 Å². The average Bonchev–Trinajstić information content (AvgIpc) is 3.40. The molecule has 6 nitrogen and oxygen atoms in total. The molecule has 424 valence electrons. The van der Waals surface area contributed by atoms with E-state index in [-0.39, 0.29) is 31.1 Å². The van der Waals surface area contributed by atoms with Crippen molar-refractivity contribution in [2.24, 2.45) is 0 Å².